The highest BCUT2D eigenvalue weighted by molar-refractivity contribution is 5.56. The molecule has 0 heterocycles. The van der Waals surface area contributed by atoms with Crippen LogP contribution in [0, 0.1) is 5.92 Å². The van der Waals surface area contributed by atoms with Crippen molar-refractivity contribution in [3.8, 4) is 0 Å². The first kappa shape index (κ1) is 10.2. The quantitative estimate of drug-likeness (QED) is 0.658. The fraction of sp³-hybridized carbons (Fsp3) is 0.545. The van der Waals surface area contributed by atoms with E-state index in [0.29, 0.717) is 0 Å². The summed E-state index contributed by atoms with van der Waals surface area (Å²) in [6.45, 7) is 3.47. The second kappa shape index (κ2) is 3.88. The van der Waals surface area contributed by atoms with Crippen molar-refractivity contribution in [1.29, 1.82) is 0 Å². The van der Waals surface area contributed by atoms with Crippen LogP contribution in [-0.2, 0) is 4.79 Å². The predicted molar refractivity (Wildman–Crippen MR) is 52.3 cm³/mol. The highest BCUT2D eigenvalue weighted by Gasteiger charge is 2.15. The average Bonchev–Trinajstić information content (AvgIpc) is 2.01. The molecular weight excluding hydrogens is 164 g/mol. The van der Waals surface area contributed by atoms with Gasteiger partial charge in [-0.05, 0) is 32.3 Å². The smallest absolute Gasteiger partial charge is 0.123 e. The summed E-state index contributed by atoms with van der Waals surface area (Å²) < 4.78 is 0. The van der Waals surface area contributed by atoms with Crippen molar-refractivity contribution < 1.29 is 9.90 Å². The summed E-state index contributed by atoms with van der Waals surface area (Å²) >= 11 is 0. The van der Waals surface area contributed by atoms with Crippen LogP contribution in [0.5, 0.6) is 0 Å². The molecule has 0 radical (unpaired) electrons. The van der Waals surface area contributed by atoms with Crippen LogP contribution in [0.3, 0.4) is 0 Å². The molecular formula is C11H16O2. The number of carbonyl (C=O) groups is 1. The fourth-order valence-electron chi connectivity index (χ4n) is 1.51. The standard InChI is InChI=1S/C11H16O2/c1-11(2,13)7-9-4-3-5-10(6-9)8-12/h3-4,7-8,10,13H,5-6H2,1-2H3/b9-7+. The first-order valence-electron chi connectivity index (χ1n) is 4.57. The summed E-state index contributed by atoms with van der Waals surface area (Å²) in [5.74, 6) is 0.0959. The lowest BCUT2D eigenvalue weighted by molar-refractivity contribution is -0.111. The molecule has 0 spiro atoms. The maximum Gasteiger partial charge on any atom is 0.123 e. The number of rotatable bonds is 2. The van der Waals surface area contributed by atoms with Gasteiger partial charge in [-0.25, -0.2) is 0 Å². The molecule has 1 aliphatic rings. The van der Waals surface area contributed by atoms with Gasteiger partial charge in [-0.2, -0.15) is 0 Å². The van der Waals surface area contributed by atoms with Gasteiger partial charge in [-0.1, -0.05) is 18.2 Å². The number of aliphatic hydroxyl groups is 1. The molecule has 0 saturated carbocycles. The Morgan fingerprint density at radius 1 is 1.62 bits per heavy atom. The molecule has 2 nitrogen and oxygen atoms in total. The SMILES string of the molecule is CC(C)(O)/C=C1\C=CCC(C=O)C1. The molecule has 1 aliphatic carbocycles. The molecule has 0 aromatic rings. The van der Waals surface area contributed by atoms with Gasteiger partial charge in [0.1, 0.15) is 6.29 Å². The molecule has 0 bridgehead atoms. The van der Waals surface area contributed by atoms with Crippen molar-refractivity contribution in [1.82, 2.24) is 0 Å². The Bertz CT molecular complexity index is 243. The van der Waals surface area contributed by atoms with Crippen molar-refractivity contribution >= 4 is 6.29 Å². The number of hydrogen-bond donors (Lipinski definition) is 1. The van der Waals surface area contributed by atoms with E-state index in [-0.39, 0.29) is 5.92 Å². The van der Waals surface area contributed by atoms with Crippen LogP contribution < -0.4 is 0 Å². The number of aldehydes is 1. The van der Waals surface area contributed by atoms with Crippen LogP contribution in [0.4, 0.5) is 0 Å². The van der Waals surface area contributed by atoms with Gasteiger partial charge in [0.15, 0.2) is 0 Å². The molecule has 0 aromatic heterocycles. The van der Waals surface area contributed by atoms with Gasteiger partial charge in [0, 0.05) is 5.92 Å². The van der Waals surface area contributed by atoms with Crippen LogP contribution in [0.1, 0.15) is 26.7 Å². The van der Waals surface area contributed by atoms with Crippen LogP contribution in [0.25, 0.3) is 0 Å². The fourth-order valence-corrected chi connectivity index (χ4v) is 1.51. The lowest BCUT2D eigenvalue weighted by atomic mass is 9.89. The zero-order valence-corrected chi connectivity index (χ0v) is 8.16. The van der Waals surface area contributed by atoms with Gasteiger partial charge < -0.3 is 9.90 Å². The second-order valence-electron chi connectivity index (χ2n) is 4.11. The maximum atomic E-state index is 10.5. The first-order valence-corrected chi connectivity index (χ1v) is 4.57. The molecule has 0 saturated heterocycles. The third-order valence-electron chi connectivity index (χ3n) is 2.00. The molecule has 1 rings (SSSR count). The molecule has 1 N–H and O–H groups in total. The van der Waals surface area contributed by atoms with E-state index >= 15 is 0 Å². The van der Waals surface area contributed by atoms with E-state index in [1.165, 1.54) is 0 Å². The van der Waals surface area contributed by atoms with Crippen LogP contribution in [0.2, 0.25) is 0 Å². The topological polar surface area (TPSA) is 37.3 Å². The van der Waals surface area contributed by atoms with Crippen LogP contribution in [-0.4, -0.2) is 17.0 Å². The summed E-state index contributed by atoms with van der Waals surface area (Å²) in [7, 11) is 0. The molecule has 0 aromatic carbocycles. The highest BCUT2D eigenvalue weighted by atomic mass is 16.3. The first-order chi connectivity index (χ1) is 6.01. The van der Waals surface area contributed by atoms with Crippen molar-refractivity contribution in [3.63, 3.8) is 0 Å². The van der Waals surface area contributed by atoms with Gasteiger partial charge in [0.2, 0.25) is 0 Å². The predicted octanol–water partition coefficient (Wildman–Crippen LogP) is 1.85. The molecule has 13 heavy (non-hydrogen) atoms. The van der Waals surface area contributed by atoms with Gasteiger partial charge >= 0.3 is 0 Å². The normalized spacial score (nSPS) is 26.4. The number of hydrogen-bond acceptors (Lipinski definition) is 2. The summed E-state index contributed by atoms with van der Waals surface area (Å²) in [6, 6.07) is 0. The van der Waals surface area contributed by atoms with Crippen molar-refractivity contribution in [2.24, 2.45) is 5.92 Å². The lowest BCUT2D eigenvalue weighted by Gasteiger charge is -2.18. The molecule has 0 fully saturated rings. The van der Waals surface area contributed by atoms with Crippen LogP contribution >= 0.6 is 0 Å². The molecule has 0 aliphatic heterocycles. The summed E-state index contributed by atoms with van der Waals surface area (Å²) in [5, 5.41) is 9.53. The molecule has 0 amide bonds. The Balaban J connectivity index is 2.72. The lowest BCUT2D eigenvalue weighted by Crippen LogP contribution is -2.16. The van der Waals surface area contributed by atoms with Crippen molar-refractivity contribution in [3.05, 3.63) is 23.8 Å². The Morgan fingerprint density at radius 3 is 2.85 bits per heavy atom. The van der Waals surface area contributed by atoms with Gasteiger partial charge in [0.25, 0.3) is 0 Å². The number of allylic oxidation sites excluding steroid dienone is 3. The minimum absolute atomic E-state index is 0.0959. The zero-order chi connectivity index (χ0) is 9.90. The van der Waals surface area contributed by atoms with E-state index in [2.05, 4.69) is 0 Å². The Kier molecular flexibility index (Phi) is 3.04. The average molecular weight is 180 g/mol. The Labute approximate surface area is 79.0 Å². The third kappa shape index (κ3) is 3.55. The molecule has 2 heteroatoms. The van der Waals surface area contributed by atoms with E-state index in [9.17, 15) is 9.90 Å². The van der Waals surface area contributed by atoms with E-state index in [1.54, 1.807) is 19.9 Å². The van der Waals surface area contributed by atoms with E-state index < -0.39 is 5.60 Å². The summed E-state index contributed by atoms with van der Waals surface area (Å²) in [6.07, 6.45) is 8.34. The monoisotopic (exact) mass is 180 g/mol. The minimum Gasteiger partial charge on any atom is -0.386 e. The maximum absolute atomic E-state index is 10.5. The summed E-state index contributed by atoms with van der Waals surface area (Å²) in [4.78, 5) is 10.5. The highest BCUT2D eigenvalue weighted by Crippen LogP contribution is 2.23. The van der Waals surface area contributed by atoms with Gasteiger partial charge in [-0.15, -0.1) is 0 Å². The minimum atomic E-state index is -0.787. The Morgan fingerprint density at radius 2 is 2.31 bits per heavy atom. The van der Waals surface area contributed by atoms with Crippen LogP contribution in [0.15, 0.2) is 23.8 Å². The largest absolute Gasteiger partial charge is 0.386 e. The molecule has 72 valence electrons. The van der Waals surface area contributed by atoms with E-state index in [1.807, 2.05) is 12.2 Å². The van der Waals surface area contributed by atoms with E-state index in [0.717, 1.165) is 24.7 Å². The summed E-state index contributed by atoms with van der Waals surface area (Å²) in [5.41, 5.74) is 0.264. The van der Waals surface area contributed by atoms with Crippen molar-refractivity contribution in [2.45, 2.75) is 32.3 Å². The van der Waals surface area contributed by atoms with E-state index in [4.69, 9.17) is 0 Å². The Hall–Kier alpha value is -0.890. The van der Waals surface area contributed by atoms with Gasteiger partial charge in [0.05, 0.1) is 5.60 Å². The zero-order valence-electron chi connectivity index (χ0n) is 8.16. The second-order valence-corrected chi connectivity index (χ2v) is 4.11. The molecule has 1 unspecified atom stereocenters. The van der Waals surface area contributed by atoms with Gasteiger partial charge in [-0.3, -0.25) is 0 Å². The molecule has 1 atom stereocenters. The van der Waals surface area contributed by atoms with Crippen molar-refractivity contribution in [2.75, 3.05) is 0 Å². The number of carbonyl (C=O) groups excluding carboxylic acids is 1. The third-order valence-corrected chi connectivity index (χ3v) is 2.00.